The van der Waals surface area contributed by atoms with Crippen molar-refractivity contribution < 1.29 is 9.53 Å². The van der Waals surface area contributed by atoms with Crippen LogP contribution in [0.25, 0.3) is 0 Å². The smallest absolute Gasteiger partial charge is 0.234 e. The van der Waals surface area contributed by atoms with Crippen molar-refractivity contribution in [1.82, 2.24) is 20.4 Å². The number of morpholine rings is 1. The van der Waals surface area contributed by atoms with Gasteiger partial charge in [0.05, 0.1) is 19.8 Å². The lowest BCUT2D eigenvalue weighted by atomic mass is 10.1. The monoisotopic (exact) mass is 360 g/mol. The summed E-state index contributed by atoms with van der Waals surface area (Å²) in [6.07, 6.45) is 2.35. The van der Waals surface area contributed by atoms with Crippen molar-refractivity contribution in [2.45, 2.75) is 32.0 Å². The van der Waals surface area contributed by atoms with E-state index in [9.17, 15) is 4.79 Å². The summed E-state index contributed by atoms with van der Waals surface area (Å²) in [5.41, 5.74) is 2.50. The zero-order valence-corrected chi connectivity index (χ0v) is 15.9. The summed E-state index contributed by atoms with van der Waals surface area (Å²) >= 11 is 0. The van der Waals surface area contributed by atoms with E-state index in [1.807, 2.05) is 13.1 Å². The van der Waals surface area contributed by atoms with E-state index in [1.165, 1.54) is 17.5 Å². The molecular formula is C20H32N4O2. The number of ether oxygens (including phenoxy) is 1. The molecule has 0 bridgehead atoms. The molecule has 2 aliphatic rings. The molecule has 0 saturated carbocycles. The lowest BCUT2D eigenvalue weighted by Gasteiger charge is -2.32. The molecule has 2 N–H and O–H groups in total. The van der Waals surface area contributed by atoms with Gasteiger partial charge in [0, 0.05) is 38.8 Å². The van der Waals surface area contributed by atoms with E-state index in [1.54, 1.807) is 0 Å². The van der Waals surface area contributed by atoms with E-state index in [4.69, 9.17) is 4.74 Å². The number of nitrogens with one attached hydrogen (secondary N) is 2. The quantitative estimate of drug-likeness (QED) is 0.754. The van der Waals surface area contributed by atoms with Crippen molar-refractivity contribution in [3.8, 4) is 0 Å². The van der Waals surface area contributed by atoms with Crippen LogP contribution in [0.4, 0.5) is 0 Å². The summed E-state index contributed by atoms with van der Waals surface area (Å²) in [4.78, 5) is 17.0. The molecule has 3 rings (SSSR count). The molecule has 26 heavy (non-hydrogen) atoms. The third kappa shape index (κ3) is 5.77. The van der Waals surface area contributed by atoms with Gasteiger partial charge in [-0.15, -0.1) is 0 Å². The summed E-state index contributed by atoms with van der Waals surface area (Å²) in [5, 5.41) is 6.44. The highest BCUT2D eigenvalue weighted by Gasteiger charge is 2.20. The molecule has 144 valence electrons. The highest BCUT2D eigenvalue weighted by atomic mass is 16.5. The first-order chi connectivity index (χ1) is 12.7. The number of rotatable bonds is 7. The van der Waals surface area contributed by atoms with Gasteiger partial charge in [-0.25, -0.2) is 0 Å². The van der Waals surface area contributed by atoms with Crippen LogP contribution in [-0.4, -0.2) is 74.7 Å². The number of hydrogen-bond acceptors (Lipinski definition) is 5. The van der Waals surface area contributed by atoms with E-state index in [-0.39, 0.29) is 5.91 Å². The topological polar surface area (TPSA) is 56.8 Å². The summed E-state index contributed by atoms with van der Waals surface area (Å²) in [5.74, 6) is 0.114. The number of carbonyl (C=O) groups excluding carboxylic acids is 1. The maximum atomic E-state index is 12.4. The molecule has 2 heterocycles. The first-order valence-corrected chi connectivity index (χ1v) is 9.78. The number of amides is 1. The minimum Gasteiger partial charge on any atom is -0.379 e. The zero-order chi connectivity index (χ0) is 18.2. The van der Waals surface area contributed by atoms with Crippen LogP contribution in [0.15, 0.2) is 24.3 Å². The zero-order valence-electron chi connectivity index (χ0n) is 15.9. The standard InChI is InChI=1S/C20H32N4O2/c1-21-19-7-4-8-24(15-19)16-20(25)22-13-17-5-2-3-6-18(17)14-23-9-11-26-12-10-23/h2-3,5-6,19,21H,4,7-16H2,1H3,(H,22,25). The third-order valence-corrected chi connectivity index (χ3v) is 5.37. The number of benzene rings is 1. The number of carbonyl (C=O) groups is 1. The predicted octanol–water partition coefficient (Wildman–Crippen LogP) is 0.819. The molecule has 6 heteroatoms. The van der Waals surface area contributed by atoms with Gasteiger partial charge in [-0.1, -0.05) is 24.3 Å². The van der Waals surface area contributed by atoms with Crippen molar-refractivity contribution in [1.29, 1.82) is 0 Å². The number of piperidine rings is 1. The Balaban J connectivity index is 1.48. The second-order valence-corrected chi connectivity index (χ2v) is 7.30. The lowest BCUT2D eigenvalue weighted by molar-refractivity contribution is -0.122. The fraction of sp³-hybridized carbons (Fsp3) is 0.650. The second kappa shape index (κ2) is 10.0. The van der Waals surface area contributed by atoms with Gasteiger partial charge < -0.3 is 15.4 Å². The fourth-order valence-electron chi connectivity index (χ4n) is 3.77. The molecular weight excluding hydrogens is 328 g/mol. The molecule has 0 aromatic heterocycles. The van der Waals surface area contributed by atoms with Gasteiger partial charge >= 0.3 is 0 Å². The highest BCUT2D eigenvalue weighted by Crippen LogP contribution is 2.13. The lowest BCUT2D eigenvalue weighted by Crippen LogP contribution is -2.47. The molecule has 1 aromatic carbocycles. The van der Waals surface area contributed by atoms with E-state index < -0.39 is 0 Å². The molecule has 1 unspecified atom stereocenters. The average molecular weight is 361 g/mol. The van der Waals surface area contributed by atoms with Crippen molar-refractivity contribution in [2.24, 2.45) is 0 Å². The molecule has 1 aromatic rings. The van der Waals surface area contributed by atoms with Crippen LogP contribution in [0.5, 0.6) is 0 Å². The largest absolute Gasteiger partial charge is 0.379 e. The highest BCUT2D eigenvalue weighted by molar-refractivity contribution is 5.78. The van der Waals surface area contributed by atoms with E-state index in [0.717, 1.165) is 52.4 Å². The minimum atomic E-state index is 0.114. The van der Waals surface area contributed by atoms with Gasteiger partial charge in [0.1, 0.15) is 0 Å². The Morgan fingerprint density at radius 1 is 1.15 bits per heavy atom. The molecule has 6 nitrogen and oxygen atoms in total. The summed E-state index contributed by atoms with van der Waals surface area (Å²) in [7, 11) is 2.00. The van der Waals surface area contributed by atoms with Crippen molar-refractivity contribution in [3.63, 3.8) is 0 Å². The number of nitrogens with zero attached hydrogens (tertiary/aromatic N) is 2. The van der Waals surface area contributed by atoms with Crippen LogP contribution in [0, 0.1) is 0 Å². The third-order valence-electron chi connectivity index (χ3n) is 5.37. The molecule has 2 saturated heterocycles. The minimum absolute atomic E-state index is 0.114. The number of hydrogen-bond donors (Lipinski definition) is 2. The van der Waals surface area contributed by atoms with Crippen LogP contribution in [0.2, 0.25) is 0 Å². The summed E-state index contributed by atoms with van der Waals surface area (Å²) in [6.45, 7) is 7.55. The number of likely N-dealkylation sites (tertiary alicyclic amines) is 1. The molecule has 2 fully saturated rings. The summed E-state index contributed by atoms with van der Waals surface area (Å²) in [6, 6.07) is 8.91. The molecule has 1 amide bonds. The molecule has 1 atom stereocenters. The Kier molecular flexibility index (Phi) is 7.43. The Bertz CT molecular complexity index is 575. The average Bonchev–Trinajstić information content (AvgIpc) is 2.68. The van der Waals surface area contributed by atoms with Crippen LogP contribution < -0.4 is 10.6 Å². The molecule has 0 aliphatic carbocycles. The Morgan fingerprint density at radius 3 is 2.69 bits per heavy atom. The Hall–Kier alpha value is -1.47. The van der Waals surface area contributed by atoms with Crippen molar-refractivity contribution >= 4 is 5.91 Å². The van der Waals surface area contributed by atoms with Gasteiger partial charge in [0.15, 0.2) is 0 Å². The second-order valence-electron chi connectivity index (χ2n) is 7.30. The maximum absolute atomic E-state index is 12.4. The van der Waals surface area contributed by atoms with Crippen LogP contribution in [-0.2, 0) is 22.6 Å². The molecule has 2 aliphatic heterocycles. The van der Waals surface area contributed by atoms with Gasteiger partial charge in [-0.05, 0) is 37.6 Å². The van der Waals surface area contributed by atoms with Gasteiger partial charge in [0.25, 0.3) is 0 Å². The van der Waals surface area contributed by atoms with Crippen LogP contribution >= 0.6 is 0 Å². The van der Waals surface area contributed by atoms with Crippen LogP contribution in [0.1, 0.15) is 24.0 Å². The fourth-order valence-corrected chi connectivity index (χ4v) is 3.77. The van der Waals surface area contributed by atoms with Gasteiger partial charge in [0.2, 0.25) is 5.91 Å². The SMILES string of the molecule is CNC1CCCN(CC(=O)NCc2ccccc2CN2CCOCC2)C1. The molecule has 0 spiro atoms. The number of likely N-dealkylation sites (N-methyl/N-ethyl adjacent to an activating group) is 1. The van der Waals surface area contributed by atoms with Gasteiger partial charge in [-0.2, -0.15) is 0 Å². The van der Waals surface area contributed by atoms with Gasteiger partial charge in [-0.3, -0.25) is 14.6 Å². The van der Waals surface area contributed by atoms with Crippen molar-refractivity contribution in [3.05, 3.63) is 35.4 Å². The summed E-state index contributed by atoms with van der Waals surface area (Å²) < 4.78 is 5.43. The molecule has 0 radical (unpaired) electrons. The first kappa shape index (κ1) is 19.3. The maximum Gasteiger partial charge on any atom is 0.234 e. The van der Waals surface area contributed by atoms with Crippen LogP contribution in [0.3, 0.4) is 0 Å². The van der Waals surface area contributed by atoms with Crippen molar-refractivity contribution in [2.75, 3.05) is 53.0 Å². The normalized spacial score (nSPS) is 22.3. The Morgan fingerprint density at radius 2 is 1.92 bits per heavy atom. The Labute approximate surface area is 156 Å². The van der Waals surface area contributed by atoms with E-state index in [2.05, 4.69) is 38.6 Å². The predicted molar refractivity (Wildman–Crippen MR) is 103 cm³/mol. The van der Waals surface area contributed by atoms with E-state index in [0.29, 0.717) is 19.1 Å². The van der Waals surface area contributed by atoms with E-state index >= 15 is 0 Å². The first-order valence-electron chi connectivity index (χ1n) is 9.78.